The van der Waals surface area contributed by atoms with E-state index in [1.54, 1.807) is 17.9 Å². The highest BCUT2D eigenvalue weighted by Gasteiger charge is 2.38. The van der Waals surface area contributed by atoms with Crippen molar-refractivity contribution in [1.29, 1.82) is 0 Å². The zero-order chi connectivity index (χ0) is 38.6. The third-order valence-corrected chi connectivity index (χ3v) is 10.4. The van der Waals surface area contributed by atoms with Gasteiger partial charge in [0.05, 0.1) is 16.3 Å². The molecule has 54 heavy (non-hydrogen) atoms. The predicted octanol–water partition coefficient (Wildman–Crippen LogP) is 4.59. The van der Waals surface area contributed by atoms with Crippen LogP contribution in [0.25, 0.3) is 11.3 Å². The van der Waals surface area contributed by atoms with Crippen LogP contribution in [0.15, 0.2) is 53.9 Å². The van der Waals surface area contributed by atoms with Crippen LogP contribution in [0, 0.1) is 11.8 Å². The van der Waals surface area contributed by atoms with Crippen LogP contribution in [-0.2, 0) is 15.8 Å². The Labute approximate surface area is 316 Å². The minimum atomic E-state index is -4.76. The number of alkyl halides is 3. The zero-order valence-corrected chi connectivity index (χ0v) is 31.0. The SMILES string of the molecule is CCC(=N/C=C(\C)c1cn(-c2ccnc(N)c2)nc1C(F)(F)F)C(=O)Nc1ccc(C(=O)N2CCN(C(=O)C3CCN(CC4CNC4)CC3)CC2)c(Cl)c1. The maximum absolute atomic E-state index is 13.9. The van der Waals surface area contributed by atoms with Crippen molar-refractivity contribution in [3.63, 3.8) is 0 Å². The molecule has 5 heterocycles. The van der Waals surface area contributed by atoms with Crippen molar-refractivity contribution in [3.8, 4) is 5.69 Å². The van der Waals surface area contributed by atoms with E-state index in [9.17, 15) is 27.6 Å². The normalized spacial score (nSPS) is 18.1. The van der Waals surface area contributed by atoms with Gasteiger partial charge in [-0.05, 0) is 75.0 Å². The first-order valence-electron chi connectivity index (χ1n) is 18.0. The molecule has 0 aliphatic carbocycles. The number of nitrogens with zero attached hydrogens (tertiary/aromatic N) is 7. The molecule has 3 aliphatic rings. The fourth-order valence-corrected chi connectivity index (χ4v) is 7.13. The van der Waals surface area contributed by atoms with Crippen LogP contribution in [0.1, 0.15) is 54.7 Å². The van der Waals surface area contributed by atoms with E-state index in [-0.39, 0.29) is 57.4 Å². The van der Waals surface area contributed by atoms with E-state index in [1.165, 1.54) is 49.8 Å². The molecular formula is C37H44ClF3N10O3. The summed E-state index contributed by atoms with van der Waals surface area (Å²) in [5.74, 6) is 0.167. The monoisotopic (exact) mass is 768 g/mol. The second kappa shape index (κ2) is 16.7. The Morgan fingerprint density at radius 3 is 2.35 bits per heavy atom. The van der Waals surface area contributed by atoms with Crippen molar-refractivity contribution in [2.75, 3.05) is 70.0 Å². The Hall–Kier alpha value is -4.80. The van der Waals surface area contributed by atoms with Crippen LogP contribution in [0.5, 0.6) is 0 Å². The maximum atomic E-state index is 13.9. The number of pyridine rings is 1. The summed E-state index contributed by atoms with van der Waals surface area (Å²) in [5.41, 5.74) is 5.41. The number of piperidine rings is 1. The van der Waals surface area contributed by atoms with Gasteiger partial charge in [0, 0.05) is 87.6 Å². The van der Waals surface area contributed by atoms with Gasteiger partial charge in [0.15, 0.2) is 5.69 Å². The number of carbonyl (C=O) groups excluding carboxylic acids is 3. The van der Waals surface area contributed by atoms with Gasteiger partial charge in [-0.1, -0.05) is 18.5 Å². The third-order valence-electron chi connectivity index (χ3n) is 10.1. The van der Waals surface area contributed by atoms with Crippen LogP contribution in [0.3, 0.4) is 0 Å². The highest BCUT2D eigenvalue weighted by Crippen LogP contribution is 2.35. The van der Waals surface area contributed by atoms with Crippen molar-refractivity contribution in [1.82, 2.24) is 34.8 Å². The van der Waals surface area contributed by atoms with Crippen molar-refractivity contribution >= 4 is 52.1 Å². The number of allylic oxidation sites excluding steroid dienone is 1. The number of carbonyl (C=O) groups is 3. The van der Waals surface area contributed by atoms with Gasteiger partial charge in [0.25, 0.3) is 11.8 Å². The molecule has 0 saturated carbocycles. The molecule has 0 spiro atoms. The van der Waals surface area contributed by atoms with Gasteiger partial charge < -0.3 is 31.1 Å². The number of rotatable bonds is 10. The van der Waals surface area contributed by atoms with Gasteiger partial charge >= 0.3 is 6.18 Å². The molecule has 0 bridgehead atoms. The van der Waals surface area contributed by atoms with Gasteiger partial charge in [-0.15, -0.1) is 0 Å². The van der Waals surface area contributed by atoms with E-state index < -0.39 is 17.8 Å². The summed E-state index contributed by atoms with van der Waals surface area (Å²) in [6.07, 6.45) is 0.906. The molecule has 3 saturated heterocycles. The average molecular weight is 769 g/mol. The number of aromatic nitrogens is 3. The molecule has 6 rings (SSSR count). The Morgan fingerprint density at radius 1 is 1.04 bits per heavy atom. The van der Waals surface area contributed by atoms with E-state index in [4.69, 9.17) is 17.3 Å². The number of nitrogens with one attached hydrogen (secondary N) is 2. The second-order valence-corrected chi connectivity index (χ2v) is 14.3. The minimum Gasteiger partial charge on any atom is -0.384 e. The van der Waals surface area contributed by atoms with Crippen molar-refractivity contribution in [3.05, 3.63) is 70.8 Å². The summed E-state index contributed by atoms with van der Waals surface area (Å²) in [7, 11) is 0. The number of amides is 3. The Balaban J connectivity index is 1.04. The highest BCUT2D eigenvalue weighted by atomic mass is 35.5. The molecule has 3 amide bonds. The highest BCUT2D eigenvalue weighted by molar-refractivity contribution is 6.43. The molecule has 3 aliphatic heterocycles. The standard InChI is InChI=1S/C37H44ClF3N10O3/c1-3-31(45-18-23(2)29-22-51(47-33(29)37(39,40)41)27-6-9-44-32(42)17-27)34(52)46-26-4-5-28(30(38)16-26)36(54)50-14-12-49(13-15-50)35(53)25-7-10-48(11-8-25)21-24-19-43-20-24/h4-6,9,16-18,22,24-25,43H,3,7-8,10-15,19-21H2,1-2H3,(H2,42,44)(H,46,52)/b23-18+,45-31?. The fraction of sp³-hybridized carbons (Fsp3) is 0.459. The average Bonchev–Trinajstić information content (AvgIpc) is 3.60. The minimum absolute atomic E-state index is 0.0182. The second-order valence-electron chi connectivity index (χ2n) is 13.9. The van der Waals surface area contributed by atoms with Gasteiger partial charge in [0.1, 0.15) is 11.5 Å². The molecule has 0 radical (unpaired) electrons. The Morgan fingerprint density at radius 2 is 1.74 bits per heavy atom. The number of hydrogen-bond acceptors (Lipinski definition) is 9. The molecule has 2 aromatic heterocycles. The maximum Gasteiger partial charge on any atom is 0.435 e. The lowest BCUT2D eigenvalue weighted by molar-refractivity contribution is -0.141. The van der Waals surface area contributed by atoms with Gasteiger partial charge in [-0.3, -0.25) is 19.4 Å². The number of anilines is 2. The molecule has 4 N–H and O–H groups in total. The van der Waals surface area contributed by atoms with Crippen LogP contribution in [0.4, 0.5) is 24.7 Å². The summed E-state index contributed by atoms with van der Waals surface area (Å²) in [4.78, 5) is 53.9. The molecule has 0 atom stereocenters. The topological polar surface area (TPSA) is 154 Å². The molecule has 3 aromatic rings. The van der Waals surface area contributed by atoms with E-state index in [2.05, 4.69) is 30.6 Å². The van der Waals surface area contributed by atoms with Crippen LogP contribution in [-0.4, -0.2) is 112 Å². The van der Waals surface area contributed by atoms with E-state index >= 15 is 0 Å². The number of nitrogen functional groups attached to an aromatic ring is 1. The van der Waals surface area contributed by atoms with Crippen LogP contribution < -0.4 is 16.4 Å². The van der Waals surface area contributed by atoms with Crippen molar-refractivity contribution in [2.24, 2.45) is 16.8 Å². The molecule has 288 valence electrons. The van der Waals surface area contributed by atoms with Gasteiger partial charge in [-0.25, -0.2) is 9.67 Å². The Bertz CT molecular complexity index is 1930. The summed E-state index contributed by atoms with van der Waals surface area (Å²) in [5, 5.41) is 9.88. The first-order chi connectivity index (χ1) is 25.8. The van der Waals surface area contributed by atoms with Crippen LogP contribution >= 0.6 is 11.6 Å². The largest absolute Gasteiger partial charge is 0.435 e. The van der Waals surface area contributed by atoms with E-state index in [0.29, 0.717) is 43.5 Å². The number of piperazine rings is 1. The zero-order valence-electron chi connectivity index (χ0n) is 30.2. The molecule has 17 heteroatoms. The number of benzene rings is 1. The first-order valence-corrected chi connectivity index (χ1v) is 18.4. The van der Waals surface area contributed by atoms with Gasteiger partial charge in [-0.2, -0.15) is 18.3 Å². The lowest BCUT2D eigenvalue weighted by Gasteiger charge is -2.40. The molecule has 0 unspecified atom stereocenters. The van der Waals surface area contributed by atoms with Crippen molar-refractivity contribution < 1.29 is 27.6 Å². The lowest BCUT2D eigenvalue weighted by atomic mass is 9.93. The van der Waals surface area contributed by atoms with Gasteiger partial charge in [0.2, 0.25) is 5.91 Å². The van der Waals surface area contributed by atoms with Crippen molar-refractivity contribution in [2.45, 2.75) is 39.3 Å². The Kier molecular flexibility index (Phi) is 12.0. The number of likely N-dealkylation sites (tertiary alicyclic amines) is 1. The molecular weight excluding hydrogens is 725 g/mol. The first kappa shape index (κ1) is 38.9. The van der Waals surface area contributed by atoms with Crippen LogP contribution in [0.2, 0.25) is 5.02 Å². The third kappa shape index (κ3) is 9.10. The van der Waals surface area contributed by atoms with E-state index in [1.807, 2.05) is 4.90 Å². The quantitative estimate of drug-likeness (QED) is 0.254. The fourth-order valence-electron chi connectivity index (χ4n) is 6.87. The number of halogens is 4. The smallest absolute Gasteiger partial charge is 0.384 e. The lowest BCUT2D eigenvalue weighted by Crippen LogP contribution is -2.53. The number of aliphatic imine (C=N–C) groups is 1. The summed E-state index contributed by atoms with van der Waals surface area (Å²) < 4.78 is 42.9. The molecule has 13 nitrogen and oxygen atoms in total. The summed E-state index contributed by atoms with van der Waals surface area (Å²) >= 11 is 6.53. The molecule has 3 fully saturated rings. The summed E-state index contributed by atoms with van der Waals surface area (Å²) in [6, 6.07) is 7.42. The van der Waals surface area contributed by atoms with E-state index in [0.717, 1.165) is 50.2 Å². The summed E-state index contributed by atoms with van der Waals surface area (Å²) in [6.45, 7) is 9.94. The number of nitrogens with two attached hydrogens (primary N) is 1. The predicted molar refractivity (Wildman–Crippen MR) is 200 cm³/mol. The number of hydrogen-bond donors (Lipinski definition) is 3. The molecule has 1 aromatic carbocycles.